The molecule has 0 bridgehead atoms. The van der Waals surface area contributed by atoms with Crippen LogP contribution in [0.2, 0.25) is 0 Å². The summed E-state index contributed by atoms with van der Waals surface area (Å²) < 4.78 is 0. The van der Waals surface area contributed by atoms with Crippen LogP contribution in [0.1, 0.15) is 65.2 Å². The van der Waals surface area contributed by atoms with Gasteiger partial charge in [0.2, 0.25) is 5.91 Å². The third kappa shape index (κ3) is 29.3. The van der Waals surface area contributed by atoms with E-state index in [1.807, 2.05) is 0 Å². The fourth-order valence-electron chi connectivity index (χ4n) is 1.26. The molecule has 0 aromatic carbocycles. The molecule has 0 spiro atoms. The van der Waals surface area contributed by atoms with Crippen molar-refractivity contribution >= 4 is 11.9 Å². The second kappa shape index (κ2) is 13.9. The Morgan fingerprint density at radius 2 is 1.38 bits per heavy atom. The number of carbonyl (C=O) groups is 2. The summed E-state index contributed by atoms with van der Waals surface area (Å²) in [5, 5.41) is 7.42. The van der Waals surface area contributed by atoms with Gasteiger partial charge in [0.15, 0.2) is 0 Å². The fourth-order valence-corrected chi connectivity index (χ4v) is 1.26. The number of hydrogen-bond donors (Lipinski definition) is 2. The van der Waals surface area contributed by atoms with Gasteiger partial charge in [-0.15, -0.1) is 0 Å². The zero-order chi connectivity index (χ0) is 12.8. The lowest BCUT2D eigenvalue weighted by Gasteiger charge is -1.98. The van der Waals surface area contributed by atoms with E-state index in [0.717, 1.165) is 19.8 Å². The summed E-state index contributed by atoms with van der Waals surface area (Å²) >= 11 is 0. The molecule has 0 unspecified atom stereocenters. The first-order valence-electron chi connectivity index (χ1n) is 5.98. The molecule has 0 fully saturated rings. The highest BCUT2D eigenvalue weighted by atomic mass is 16.4. The number of hydrogen-bond acceptors (Lipinski definition) is 2. The number of nitrogens with two attached hydrogens (primary N) is 1. The second-order valence-corrected chi connectivity index (χ2v) is 3.86. The Morgan fingerprint density at radius 3 is 1.75 bits per heavy atom. The molecule has 4 nitrogen and oxygen atoms in total. The summed E-state index contributed by atoms with van der Waals surface area (Å²) in [5.74, 6) is -0.997. The summed E-state index contributed by atoms with van der Waals surface area (Å²) in [4.78, 5) is 19.4. The van der Waals surface area contributed by atoms with Crippen molar-refractivity contribution in [2.24, 2.45) is 5.73 Å². The minimum absolute atomic E-state index is 0.163. The lowest BCUT2D eigenvalue weighted by atomic mass is 10.1. The van der Waals surface area contributed by atoms with Gasteiger partial charge in [-0.1, -0.05) is 45.4 Å². The van der Waals surface area contributed by atoms with Crippen LogP contribution in [-0.4, -0.2) is 17.0 Å². The number of carboxylic acid groups (broad SMARTS) is 1. The van der Waals surface area contributed by atoms with E-state index < -0.39 is 5.97 Å². The average molecular weight is 231 g/mol. The van der Waals surface area contributed by atoms with E-state index in [2.05, 4.69) is 6.92 Å². The highest BCUT2D eigenvalue weighted by Gasteiger charge is 1.94. The first-order chi connectivity index (χ1) is 7.50. The van der Waals surface area contributed by atoms with Gasteiger partial charge >= 0.3 is 0 Å². The Kier molecular flexibility index (Phi) is 15.1. The van der Waals surface area contributed by atoms with E-state index in [1.165, 1.54) is 32.1 Å². The molecule has 0 aromatic rings. The summed E-state index contributed by atoms with van der Waals surface area (Å²) in [6.07, 6.45) is 9.24. The second-order valence-electron chi connectivity index (χ2n) is 3.86. The van der Waals surface area contributed by atoms with Crippen molar-refractivity contribution < 1.29 is 14.7 Å². The molecule has 0 rings (SSSR count). The fraction of sp³-hybridized carbons (Fsp3) is 0.833. The minimum Gasteiger partial charge on any atom is -0.481 e. The van der Waals surface area contributed by atoms with Gasteiger partial charge in [0.1, 0.15) is 0 Å². The van der Waals surface area contributed by atoms with Gasteiger partial charge in [-0.3, -0.25) is 9.59 Å². The first-order valence-corrected chi connectivity index (χ1v) is 5.98. The number of aliphatic carboxylic acids is 1. The Morgan fingerprint density at radius 1 is 1.00 bits per heavy atom. The quantitative estimate of drug-likeness (QED) is 0.630. The van der Waals surface area contributed by atoms with Crippen molar-refractivity contribution in [1.82, 2.24) is 0 Å². The van der Waals surface area contributed by atoms with E-state index >= 15 is 0 Å². The minimum atomic E-state index is -0.833. The lowest BCUT2D eigenvalue weighted by Crippen LogP contribution is -2.09. The molecule has 0 aliphatic carbocycles. The molecule has 0 atom stereocenters. The summed E-state index contributed by atoms with van der Waals surface area (Å²) in [7, 11) is 0. The topological polar surface area (TPSA) is 80.4 Å². The Hall–Kier alpha value is -1.06. The third-order valence-electron chi connectivity index (χ3n) is 2.03. The summed E-state index contributed by atoms with van der Waals surface area (Å²) in [6, 6.07) is 0. The van der Waals surface area contributed by atoms with E-state index in [-0.39, 0.29) is 5.91 Å². The molecule has 0 radical (unpaired) electrons. The maximum absolute atomic E-state index is 10.4. The Labute approximate surface area is 98.2 Å². The van der Waals surface area contributed by atoms with Gasteiger partial charge in [0.25, 0.3) is 5.97 Å². The predicted molar refractivity (Wildman–Crippen MR) is 65.1 cm³/mol. The molecular weight excluding hydrogens is 206 g/mol. The van der Waals surface area contributed by atoms with Crippen LogP contribution in [0.5, 0.6) is 0 Å². The van der Waals surface area contributed by atoms with E-state index in [9.17, 15) is 4.79 Å². The first kappa shape index (κ1) is 17.3. The number of primary amides is 1. The van der Waals surface area contributed by atoms with Crippen LogP contribution in [0.25, 0.3) is 0 Å². The number of unbranched alkanes of at least 4 members (excludes halogenated alkanes) is 6. The summed E-state index contributed by atoms with van der Waals surface area (Å²) in [5.41, 5.74) is 5.02. The van der Waals surface area contributed by atoms with Crippen LogP contribution in [0.3, 0.4) is 0 Å². The summed E-state index contributed by atoms with van der Waals surface area (Å²) in [6.45, 7) is 3.30. The highest BCUT2D eigenvalue weighted by Crippen LogP contribution is 2.07. The number of carbonyl (C=O) groups excluding carboxylic acids is 1. The maximum Gasteiger partial charge on any atom is 0.300 e. The molecule has 0 saturated carbocycles. The van der Waals surface area contributed by atoms with Crippen LogP contribution in [0.15, 0.2) is 0 Å². The molecule has 0 aromatic heterocycles. The van der Waals surface area contributed by atoms with Crippen LogP contribution < -0.4 is 5.73 Å². The van der Waals surface area contributed by atoms with Crippen LogP contribution in [0.4, 0.5) is 0 Å². The molecule has 0 aliphatic heterocycles. The largest absolute Gasteiger partial charge is 0.481 e. The van der Waals surface area contributed by atoms with Crippen LogP contribution in [-0.2, 0) is 9.59 Å². The number of carboxylic acids is 1. The molecule has 16 heavy (non-hydrogen) atoms. The molecule has 0 saturated heterocycles. The molecule has 0 aliphatic rings. The Bertz CT molecular complexity index is 177. The zero-order valence-electron chi connectivity index (χ0n) is 10.5. The van der Waals surface area contributed by atoms with Crippen LogP contribution in [0, 0.1) is 0 Å². The van der Waals surface area contributed by atoms with Gasteiger partial charge in [-0.05, 0) is 6.42 Å². The molecular formula is C12H25NO3. The van der Waals surface area contributed by atoms with E-state index in [1.54, 1.807) is 0 Å². The highest BCUT2D eigenvalue weighted by molar-refractivity contribution is 5.73. The number of rotatable bonds is 8. The monoisotopic (exact) mass is 231 g/mol. The van der Waals surface area contributed by atoms with Gasteiger partial charge in [0, 0.05) is 13.3 Å². The van der Waals surface area contributed by atoms with Gasteiger partial charge in [-0.25, -0.2) is 0 Å². The van der Waals surface area contributed by atoms with Gasteiger partial charge < -0.3 is 10.8 Å². The zero-order valence-corrected chi connectivity index (χ0v) is 10.5. The Balaban J connectivity index is 0. The van der Waals surface area contributed by atoms with Crippen molar-refractivity contribution in [3.8, 4) is 0 Å². The number of amides is 1. The smallest absolute Gasteiger partial charge is 0.300 e. The normalized spacial score (nSPS) is 9.12. The standard InChI is InChI=1S/C10H21NO.C2H4O2/c1-2-3-4-5-6-7-8-9-10(11)12;1-2(3)4/h2-9H2,1H3,(H2,11,12);1H3,(H,3,4). The average Bonchev–Trinajstić information content (AvgIpc) is 2.15. The van der Waals surface area contributed by atoms with E-state index in [4.69, 9.17) is 15.6 Å². The van der Waals surface area contributed by atoms with Crippen molar-refractivity contribution in [3.63, 3.8) is 0 Å². The maximum atomic E-state index is 10.4. The molecule has 3 N–H and O–H groups in total. The molecule has 4 heteroatoms. The molecule has 0 heterocycles. The lowest BCUT2D eigenvalue weighted by molar-refractivity contribution is -0.134. The van der Waals surface area contributed by atoms with Crippen molar-refractivity contribution in [3.05, 3.63) is 0 Å². The van der Waals surface area contributed by atoms with Gasteiger partial charge in [-0.2, -0.15) is 0 Å². The van der Waals surface area contributed by atoms with Crippen molar-refractivity contribution in [2.45, 2.75) is 65.2 Å². The third-order valence-corrected chi connectivity index (χ3v) is 2.03. The van der Waals surface area contributed by atoms with Gasteiger partial charge in [0.05, 0.1) is 0 Å². The molecule has 96 valence electrons. The van der Waals surface area contributed by atoms with Crippen molar-refractivity contribution in [1.29, 1.82) is 0 Å². The molecule has 1 amide bonds. The SMILES string of the molecule is CC(=O)O.CCCCCCCCCC(N)=O. The van der Waals surface area contributed by atoms with Crippen LogP contribution >= 0.6 is 0 Å². The predicted octanol–water partition coefficient (Wildman–Crippen LogP) is 2.70. The van der Waals surface area contributed by atoms with E-state index in [0.29, 0.717) is 6.42 Å². The van der Waals surface area contributed by atoms with Crippen molar-refractivity contribution in [2.75, 3.05) is 0 Å².